The molecule has 0 aromatic heterocycles. The van der Waals surface area contributed by atoms with Gasteiger partial charge in [0.2, 0.25) is 0 Å². The minimum Gasteiger partial charge on any atom is -0.411 e. The van der Waals surface area contributed by atoms with Crippen molar-refractivity contribution >= 4 is 17.3 Å². The molecule has 0 spiro atoms. The molecule has 0 aliphatic carbocycles. The molecule has 0 aliphatic heterocycles. The maximum Gasteiger partial charge on any atom is 0.433 e. The summed E-state index contributed by atoms with van der Waals surface area (Å²) >= 11 is 5.67. The van der Waals surface area contributed by atoms with Crippen LogP contribution in [0.4, 0.5) is 13.2 Å². The summed E-state index contributed by atoms with van der Waals surface area (Å²) in [5, 5.41) is 10.7. The molecule has 1 aromatic rings. The highest BCUT2D eigenvalue weighted by atomic mass is 35.5. The zero-order valence-corrected chi connectivity index (χ0v) is 8.18. The lowest BCUT2D eigenvalue weighted by atomic mass is 10.1. The quantitative estimate of drug-likeness (QED) is 0.478. The first-order valence-corrected chi connectivity index (χ1v) is 4.34. The van der Waals surface area contributed by atoms with E-state index in [1.807, 2.05) is 0 Å². The summed E-state index contributed by atoms with van der Waals surface area (Å²) in [6.45, 7) is 0. The Bertz CT molecular complexity index is 376. The van der Waals surface area contributed by atoms with Crippen molar-refractivity contribution in [2.24, 2.45) is 5.16 Å². The molecule has 0 bridgehead atoms. The van der Waals surface area contributed by atoms with Crippen molar-refractivity contribution in [1.82, 2.24) is 0 Å². The molecule has 0 saturated carbocycles. The third-order valence-electron chi connectivity index (χ3n) is 1.76. The fourth-order valence-electron chi connectivity index (χ4n) is 1.01. The molecule has 0 unspecified atom stereocenters. The van der Waals surface area contributed by atoms with Crippen LogP contribution in [0.3, 0.4) is 0 Å². The second kappa shape index (κ2) is 4.53. The van der Waals surface area contributed by atoms with Gasteiger partial charge in [-0.3, -0.25) is 0 Å². The normalized spacial score (nSPS) is 12.9. The van der Waals surface area contributed by atoms with Gasteiger partial charge in [-0.15, -0.1) is 0 Å². The van der Waals surface area contributed by atoms with E-state index in [2.05, 4.69) is 5.16 Å². The second-order valence-electron chi connectivity index (χ2n) is 2.81. The topological polar surface area (TPSA) is 32.6 Å². The van der Waals surface area contributed by atoms with Gasteiger partial charge in [-0.05, 0) is 11.6 Å². The third-order valence-corrected chi connectivity index (χ3v) is 2.13. The van der Waals surface area contributed by atoms with Crippen molar-refractivity contribution in [2.45, 2.75) is 12.6 Å². The SMILES string of the molecule is O/N=C(/Cc1ccccc1Cl)C(F)(F)F. The molecule has 1 aromatic carbocycles. The summed E-state index contributed by atoms with van der Waals surface area (Å²) in [6, 6.07) is 6.09. The van der Waals surface area contributed by atoms with Gasteiger partial charge < -0.3 is 5.21 Å². The summed E-state index contributed by atoms with van der Waals surface area (Å²) in [7, 11) is 0. The Kier molecular flexibility index (Phi) is 3.57. The highest BCUT2D eigenvalue weighted by Crippen LogP contribution is 2.23. The lowest BCUT2D eigenvalue weighted by molar-refractivity contribution is -0.0622. The molecular formula is C9H7ClF3NO. The molecule has 1 rings (SSSR count). The maximum absolute atomic E-state index is 12.2. The van der Waals surface area contributed by atoms with Crippen LogP contribution in [-0.4, -0.2) is 17.1 Å². The van der Waals surface area contributed by atoms with Gasteiger partial charge in [0.05, 0.1) is 0 Å². The number of rotatable bonds is 2. The summed E-state index contributed by atoms with van der Waals surface area (Å²) in [4.78, 5) is 0. The lowest BCUT2D eigenvalue weighted by Gasteiger charge is -2.09. The predicted molar refractivity (Wildman–Crippen MR) is 50.4 cm³/mol. The molecule has 2 nitrogen and oxygen atoms in total. The first-order valence-electron chi connectivity index (χ1n) is 3.96. The third kappa shape index (κ3) is 3.13. The van der Waals surface area contributed by atoms with Gasteiger partial charge in [-0.1, -0.05) is 35.0 Å². The fraction of sp³-hybridized carbons (Fsp3) is 0.222. The second-order valence-corrected chi connectivity index (χ2v) is 3.22. The molecular weight excluding hydrogens is 231 g/mol. The van der Waals surface area contributed by atoms with E-state index in [0.29, 0.717) is 0 Å². The van der Waals surface area contributed by atoms with Crippen LogP contribution in [0.5, 0.6) is 0 Å². The average molecular weight is 238 g/mol. The van der Waals surface area contributed by atoms with E-state index in [4.69, 9.17) is 16.8 Å². The zero-order valence-electron chi connectivity index (χ0n) is 7.42. The van der Waals surface area contributed by atoms with Gasteiger partial charge in [-0.2, -0.15) is 13.2 Å². The first kappa shape index (κ1) is 11.8. The van der Waals surface area contributed by atoms with Crippen molar-refractivity contribution in [2.75, 3.05) is 0 Å². The Morgan fingerprint density at radius 3 is 2.40 bits per heavy atom. The van der Waals surface area contributed by atoms with Crippen LogP contribution in [0.15, 0.2) is 29.4 Å². The Balaban J connectivity index is 2.91. The molecule has 0 saturated heterocycles. The van der Waals surface area contributed by atoms with Gasteiger partial charge in [0.1, 0.15) is 0 Å². The number of halogens is 4. The molecule has 0 radical (unpaired) electrons. The van der Waals surface area contributed by atoms with Crippen molar-refractivity contribution in [3.63, 3.8) is 0 Å². The van der Waals surface area contributed by atoms with Crippen LogP contribution in [0.25, 0.3) is 0 Å². The Morgan fingerprint density at radius 2 is 1.93 bits per heavy atom. The number of benzene rings is 1. The molecule has 15 heavy (non-hydrogen) atoms. The highest BCUT2D eigenvalue weighted by Gasteiger charge is 2.36. The number of oxime groups is 1. The summed E-state index contributed by atoms with van der Waals surface area (Å²) in [5.74, 6) is 0. The fourth-order valence-corrected chi connectivity index (χ4v) is 1.22. The molecule has 0 amide bonds. The van der Waals surface area contributed by atoms with Crippen molar-refractivity contribution in [3.8, 4) is 0 Å². The van der Waals surface area contributed by atoms with Gasteiger partial charge in [-0.25, -0.2) is 0 Å². The molecule has 0 heterocycles. The average Bonchev–Trinajstić information content (AvgIpc) is 2.14. The molecule has 0 atom stereocenters. The van der Waals surface area contributed by atoms with Gasteiger partial charge in [0.25, 0.3) is 0 Å². The largest absolute Gasteiger partial charge is 0.433 e. The summed E-state index contributed by atoms with van der Waals surface area (Å²) in [6.07, 6.45) is -5.19. The monoisotopic (exact) mass is 237 g/mol. The molecule has 0 aliphatic rings. The minimum atomic E-state index is -4.64. The van der Waals surface area contributed by atoms with E-state index >= 15 is 0 Å². The van der Waals surface area contributed by atoms with Gasteiger partial charge >= 0.3 is 6.18 Å². The van der Waals surface area contributed by atoms with E-state index in [1.165, 1.54) is 12.1 Å². The maximum atomic E-state index is 12.2. The van der Waals surface area contributed by atoms with E-state index in [1.54, 1.807) is 12.1 Å². The number of hydrogen-bond acceptors (Lipinski definition) is 2. The molecule has 82 valence electrons. The van der Waals surface area contributed by atoms with Crippen LogP contribution in [0.2, 0.25) is 5.02 Å². The van der Waals surface area contributed by atoms with Crippen molar-refractivity contribution < 1.29 is 18.4 Å². The number of alkyl halides is 3. The highest BCUT2D eigenvalue weighted by molar-refractivity contribution is 6.31. The number of hydrogen-bond donors (Lipinski definition) is 1. The van der Waals surface area contributed by atoms with E-state index < -0.39 is 18.3 Å². The van der Waals surface area contributed by atoms with Crippen molar-refractivity contribution in [1.29, 1.82) is 0 Å². The van der Waals surface area contributed by atoms with Crippen LogP contribution >= 0.6 is 11.6 Å². The van der Waals surface area contributed by atoms with E-state index in [-0.39, 0.29) is 10.6 Å². The smallest absolute Gasteiger partial charge is 0.411 e. The van der Waals surface area contributed by atoms with Gasteiger partial charge in [0, 0.05) is 11.4 Å². The minimum absolute atomic E-state index is 0.211. The number of nitrogens with zero attached hydrogens (tertiary/aromatic N) is 1. The molecule has 0 fully saturated rings. The van der Waals surface area contributed by atoms with Crippen LogP contribution in [-0.2, 0) is 6.42 Å². The van der Waals surface area contributed by atoms with Gasteiger partial charge in [0.15, 0.2) is 5.71 Å². The molecule has 1 N–H and O–H groups in total. The Hall–Kier alpha value is -1.23. The first-order chi connectivity index (χ1) is 6.95. The van der Waals surface area contributed by atoms with E-state index in [0.717, 1.165) is 0 Å². The van der Waals surface area contributed by atoms with Crippen molar-refractivity contribution in [3.05, 3.63) is 34.9 Å². The summed E-state index contributed by atoms with van der Waals surface area (Å²) in [5.41, 5.74) is -1.00. The zero-order chi connectivity index (χ0) is 11.5. The predicted octanol–water partition coefficient (Wildman–Crippen LogP) is 3.28. The summed E-state index contributed by atoms with van der Waals surface area (Å²) < 4.78 is 36.6. The van der Waals surface area contributed by atoms with E-state index in [9.17, 15) is 13.2 Å². The van der Waals surface area contributed by atoms with Crippen LogP contribution in [0.1, 0.15) is 5.56 Å². The van der Waals surface area contributed by atoms with Crippen LogP contribution < -0.4 is 0 Å². The molecule has 6 heteroatoms. The Labute approximate surface area is 89.0 Å². The lowest BCUT2D eigenvalue weighted by Crippen LogP contribution is -2.25. The Morgan fingerprint density at radius 1 is 1.33 bits per heavy atom. The standard InChI is InChI=1S/C9H7ClF3NO/c10-7-4-2-1-3-6(7)5-8(14-15)9(11,12)13/h1-4,15H,5H2/b14-8-. The van der Waals surface area contributed by atoms with Crippen LogP contribution in [0, 0.1) is 0 Å².